The fourth-order valence-electron chi connectivity index (χ4n) is 3.30. The molecule has 0 aliphatic carbocycles. The van der Waals surface area contributed by atoms with Crippen LogP contribution in [0.3, 0.4) is 0 Å². The predicted molar refractivity (Wildman–Crippen MR) is 128 cm³/mol. The Morgan fingerprint density at radius 2 is 1.77 bits per heavy atom. The van der Waals surface area contributed by atoms with Crippen LogP contribution in [0.25, 0.3) is 0 Å². The van der Waals surface area contributed by atoms with Gasteiger partial charge >= 0.3 is 6.61 Å². The Kier molecular flexibility index (Phi) is 11.0. The molecule has 1 fully saturated rings. The fraction of sp³-hybridized carbons (Fsp3) is 0.409. The van der Waals surface area contributed by atoms with Crippen LogP contribution in [-0.4, -0.2) is 50.8 Å². The number of aliphatic imine (C=N–C) groups is 1. The van der Waals surface area contributed by atoms with Gasteiger partial charge in [-0.15, -0.1) is 24.0 Å². The van der Waals surface area contributed by atoms with Gasteiger partial charge in [0.25, 0.3) is 0 Å². The van der Waals surface area contributed by atoms with Gasteiger partial charge in [-0.1, -0.05) is 42.5 Å². The Balaban J connectivity index is 0.00000341. The van der Waals surface area contributed by atoms with E-state index in [0.29, 0.717) is 24.6 Å². The van der Waals surface area contributed by atoms with Gasteiger partial charge in [0.2, 0.25) is 0 Å². The van der Waals surface area contributed by atoms with Crippen LogP contribution < -0.4 is 15.4 Å². The van der Waals surface area contributed by atoms with E-state index in [1.165, 1.54) is 11.6 Å². The molecule has 1 aliphatic heterocycles. The number of halogens is 3. The van der Waals surface area contributed by atoms with Gasteiger partial charge < -0.3 is 20.1 Å². The molecule has 1 heterocycles. The van der Waals surface area contributed by atoms with Crippen molar-refractivity contribution < 1.29 is 18.3 Å². The first-order valence-electron chi connectivity index (χ1n) is 9.99. The van der Waals surface area contributed by atoms with E-state index in [2.05, 4.69) is 49.5 Å². The number of nitrogens with one attached hydrogen (secondary N) is 2. The van der Waals surface area contributed by atoms with Crippen molar-refractivity contribution in [3.8, 4) is 5.75 Å². The molecular weight excluding hydrogens is 517 g/mol. The summed E-state index contributed by atoms with van der Waals surface area (Å²) in [4.78, 5) is 6.59. The average Bonchev–Trinajstić information content (AvgIpc) is 2.75. The number of hydrogen-bond donors (Lipinski definition) is 2. The van der Waals surface area contributed by atoms with Gasteiger partial charge in [0.15, 0.2) is 5.96 Å². The highest BCUT2D eigenvalue weighted by molar-refractivity contribution is 14.0. The van der Waals surface area contributed by atoms with Crippen molar-refractivity contribution >= 4 is 29.9 Å². The minimum Gasteiger partial charge on any atom is -0.434 e. The fourth-order valence-corrected chi connectivity index (χ4v) is 3.30. The smallest absolute Gasteiger partial charge is 0.387 e. The van der Waals surface area contributed by atoms with E-state index >= 15 is 0 Å². The molecule has 0 spiro atoms. The highest BCUT2D eigenvalue weighted by Gasteiger charge is 2.11. The lowest BCUT2D eigenvalue weighted by molar-refractivity contribution is -0.0504. The van der Waals surface area contributed by atoms with Gasteiger partial charge in [-0.05, 0) is 17.2 Å². The van der Waals surface area contributed by atoms with Crippen molar-refractivity contribution in [1.82, 2.24) is 15.5 Å². The molecule has 3 rings (SSSR count). The Hall–Kier alpha value is -1.98. The Morgan fingerprint density at radius 3 is 2.52 bits per heavy atom. The zero-order chi connectivity index (χ0) is 21.2. The van der Waals surface area contributed by atoms with E-state index < -0.39 is 6.61 Å². The molecule has 1 saturated heterocycles. The minimum absolute atomic E-state index is 0. The van der Waals surface area contributed by atoms with Gasteiger partial charge in [-0.2, -0.15) is 8.78 Å². The van der Waals surface area contributed by atoms with Crippen LogP contribution in [-0.2, 0) is 24.4 Å². The molecular formula is C22H29F2IN4O2. The van der Waals surface area contributed by atoms with Crippen molar-refractivity contribution in [2.45, 2.75) is 26.2 Å². The molecule has 0 unspecified atom stereocenters. The molecule has 0 atom stereocenters. The molecule has 0 radical (unpaired) electrons. The van der Waals surface area contributed by atoms with Gasteiger partial charge in [0.1, 0.15) is 5.75 Å². The largest absolute Gasteiger partial charge is 0.434 e. The Labute approximate surface area is 199 Å². The highest BCUT2D eigenvalue weighted by atomic mass is 127. The van der Waals surface area contributed by atoms with Gasteiger partial charge in [0, 0.05) is 45.3 Å². The monoisotopic (exact) mass is 546 g/mol. The predicted octanol–water partition coefficient (Wildman–Crippen LogP) is 3.60. The molecule has 1 aliphatic rings. The van der Waals surface area contributed by atoms with Crippen LogP contribution in [0.5, 0.6) is 5.75 Å². The zero-order valence-electron chi connectivity index (χ0n) is 17.5. The van der Waals surface area contributed by atoms with E-state index in [1.54, 1.807) is 25.2 Å². The maximum Gasteiger partial charge on any atom is 0.387 e. The molecule has 0 saturated carbocycles. The number of ether oxygens (including phenoxy) is 2. The standard InChI is InChI=1S/C22H28F2N4O2.HI/c1-25-22(27-15-19-7-2-3-8-20(19)30-21(23)24)26-14-17-5-4-6-18(13-17)16-28-9-11-29-12-10-28;/h2-8,13,21H,9-12,14-16H2,1H3,(H2,25,26,27);1H. The van der Waals surface area contributed by atoms with Crippen LogP contribution >= 0.6 is 24.0 Å². The van der Waals surface area contributed by atoms with Crippen LogP contribution in [0.4, 0.5) is 8.78 Å². The van der Waals surface area contributed by atoms with E-state index in [9.17, 15) is 8.78 Å². The molecule has 2 aromatic carbocycles. The maximum atomic E-state index is 12.6. The first-order chi connectivity index (χ1) is 14.6. The summed E-state index contributed by atoms with van der Waals surface area (Å²) >= 11 is 0. The van der Waals surface area contributed by atoms with Crippen molar-refractivity contribution in [2.24, 2.45) is 4.99 Å². The first kappa shape index (κ1) is 25.3. The number of alkyl halides is 2. The SMILES string of the molecule is CN=C(NCc1cccc(CN2CCOCC2)c1)NCc1ccccc1OC(F)F.I. The normalized spacial score (nSPS) is 14.8. The summed E-state index contributed by atoms with van der Waals surface area (Å²) in [6.45, 7) is 2.46. The third-order valence-electron chi connectivity index (χ3n) is 4.82. The second-order valence-corrected chi connectivity index (χ2v) is 6.97. The minimum atomic E-state index is -2.85. The van der Waals surface area contributed by atoms with Crippen LogP contribution in [0, 0.1) is 0 Å². The third-order valence-corrected chi connectivity index (χ3v) is 4.82. The summed E-state index contributed by atoms with van der Waals surface area (Å²) in [6, 6.07) is 15.2. The summed E-state index contributed by atoms with van der Waals surface area (Å²) in [7, 11) is 1.67. The topological polar surface area (TPSA) is 58.1 Å². The highest BCUT2D eigenvalue weighted by Crippen LogP contribution is 2.19. The third kappa shape index (κ3) is 8.58. The van der Waals surface area contributed by atoms with Gasteiger partial charge in [-0.3, -0.25) is 9.89 Å². The first-order valence-corrected chi connectivity index (χ1v) is 9.99. The average molecular weight is 546 g/mol. The Bertz CT molecular complexity index is 833. The van der Waals surface area contributed by atoms with Crippen LogP contribution in [0.2, 0.25) is 0 Å². The van der Waals surface area contributed by atoms with E-state index in [0.717, 1.165) is 38.4 Å². The van der Waals surface area contributed by atoms with Crippen molar-refractivity contribution in [2.75, 3.05) is 33.4 Å². The lowest BCUT2D eigenvalue weighted by Gasteiger charge is -2.26. The number of guanidine groups is 1. The van der Waals surface area contributed by atoms with Gasteiger partial charge in [0.05, 0.1) is 13.2 Å². The molecule has 2 N–H and O–H groups in total. The maximum absolute atomic E-state index is 12.6. The number of morpholine rings is 1. The Morgan fingerprint density at radius 1 is 1.06 bits per heavy atom. The molecule has 0 aromatic heterocycles. The second kappa shape index (κ2) is 13.4. The number of para-hydroxylation sites is 1. The summed E-state index contributed by atoms with van der Waals surface area (Å²) in [6.07, 6.45) is 0. The van der Waals surface area contributed by atoms with Crippen molar-refractivity contribution in [1.29, 1.82) is 0 Å². The summed E-state index contributed by atoms with van der Waals surface area (Å²) in [5.41, 5.74) is 3.04. The van der Waals surface area contributed by atoms with Crippen LogP contribution in [0.1, 0.15) is 16.7 Å². The summed E-state index contributed by atoms with van der Waals surface area (Å²) < 4.78 is 35.1. The molecule has 0 bridgehead atoms. The van der Waals surface area contributed by atoms with Crippen molar-refractivity contribution in [3.05, 3.63) is 65.2 Å². The zero-order valence-corrected chi connectivity index (χ0v) is 19.9. The molecule has 170 valence electrons. The lowest BCUT2D eigenvalue weighted by atomic mass is 10.1. The summed E-state index contributed by atoms with van der Waals surface area (Å²) in [5.74, 6) is 0.742. The van der Waals surface area contributed by atoms with E-state index in [4.69, 9.17) is 4.74 Å². The second-order valence-electron chi connectivity index (χ2n) is 6.97. The molecule has 6 nitrogen and oxygen atoms in total. The molecule has 2 aromatic rings. The molecule has 0 amide bonds. The van der Waals surface area contributed by atoms with Gasteiger partial charge in [-0.25, -0.2) is 0 Å². The molecule has 31 heavy (non-hydrogen) atoms. The number of rotatable bonds is 8. The summed E-state index contributed by atoms with van der Waals surface area (Å²) in [5, 5.41) is 6.41. The number of nitrogens with zero attached hydrogens (tertiary/aromatic N) is 2. The number of benzene rings is 2. The quantitative estimate of drug-likeness (QED) is 0.301. The van der Waals surface area contributed by atoms with Crippen LogP contribution in [0.15, 0.2) is 53.5 Å². The van der Waals surface area contributed by atoms with E-state index in [-0.39, 0.29) is 29.7 Å². The van der Waals surface area contributed by atoms with Crippen molar-refractivity contribution in [3.63, 3.8) is 0 Å². The van der Waals surface area contributed by atoms with E-state index in [1.807, 2.05) is 0 Å². The molecule has 9 heteroatoms. The lowest BCUT2D eigenvalue weighted by Crippen LogP contribution is -2.36. The number of hydrogen-bond acceptors (Lipinski definition) is 4.